The van der Waals surface area contributed by atoms with Gasteiger partial charge in [0.15, 0.2) is 0 Å². The van der Waals surface area contributed by atoms with Gasteiger partial charge in [-0.25, -0.2) is 0 Å². The first-order valence-corrected chi connectivity index (χ1v) is 7.56. The molecule has 1 fully saturated rings. The molecular weight excluding hydrogens is 294 g/mol. The fourth-order valence-electron chi connectivity index (χ4n) is 2.90. The predicted molar refractivity (Wildman–Crippen MR) is 84.2 cm³/mol. The van der Waals surface area contributed by atoms with Crippen molar-refractivity contribution in [1.29, 1.82) is 0 Å². The van der Waals surface area contributed by atoms with Crippen LogP contribution in [-0.4, -0.2) is 51.6 Å². The Morgan fingerprint density at radius 1 is 1.26 bits per heavy atom. The second-order valence-corrected chi connectivity index (χ2v) is 5.74. The number of benzene rings is 1. The Labute approximate surface area is 134 Å². The fourth-order valence-corrected chi connectivity index (χ4v) is 2.90. The molecule has 0 radical (unpaired) electrons. The molecule has 1 unspecified atom stereocenters. The number of carbonyl (C=O) groups is 2. The topological polar surface area (TPSA) is 80.1 Å². The van der Waals surface area contributed by atoms with Gasteiger partial charge in [-0.15, -0.1) is 10.2 Å². The summed E-state index contributed by atoms with van der Waals surface area (Å²) >= 11 is 0. The van der Waals surface area contributed by atoms with E-state index in [-0.39, 0.29) is 17.7 Å². The Morgan fingerprint density at radius 3 is 2.70 bits per heavy atom. The van der Waals surface area contributed by atoms with Gasteiger partial charge in [-0.3, -0.25) is 14.2 Å². The number of aryl methyl sites for hydroxylation is 1. The minimum Gasteiger partial charge on any atom is -0.359 e. The summed E-state index contributed by atoms with van der Waals surface area (Å²) in [4.78, 5) is 26.4. The average Bonchev–Trinajstić information content (AvgIpc) is 3.24. The van der Waals surface area contributed by atoms with Crippen molar-refractivity contribution >= 4 is 11.8 Å². The number of hydrogen-bond donors (Lipinski definition) is 1. The van der Waals surface area contributed by atoms with E-state index < -0.39 is 0 Å². The van der Waals surface area contributed by atoms with Crippen LogP contribution in [0.2, 0.25) is 0 Å². The Hall–Kier alpha value is -2.70. The van der Waals surface area contributed by atoms with Gasteiger partial charge in [0.1, 0.15) is 12.7 Å². The van der Waals surface area contributed by atoms with E-state index in [4.69, 9.17) is 0 Å². The summed E-state index contributed by atoms with van der Waals surface area (Å²) < 4.78 is 1.72. The minimum atomic E-state index is -0.132. The van der Waals surface area contributed by atoms with Gasteiger partial charge in [0, 0.05) is 20.1 Å². The first-order valence-electron chi connectivity index (χ1n) is 7.56. The van der Waals surface area contributed by atoms with Crippen LogP contribution in [0.25, 0.3) is 5.69 Å². The maximum absolute atomic E-state index is 12.9. The fraction of sp³-hybridized carbons (Fsp3) is 0.375. The molecule has 2 amide bonds. The van der Waals surface area contributed by atoms with Gasteiger partial charge in [0.25, 0.3) is 5.91 Å². The zero-order valence-corrected chi connectivity index (χ0v) is 13.2. The first kappa shape index (κ1) is 15.2. The van der Waals surface area contributed by atoms with E-state index in [0.717, 1.165) is 11.3 Å². The molecule has 0 saturated carbocycles. The monoisotopic (exact) mass is 313 g/mol. The largest absolute Gasteiger partial charge is 0.359 e. The van der Waals surface area contributed by atoms with Gasteiger partial charge in [-0.2, -0.15) is 0 Å². The molecule has 1 aliphatic rings. The molecule has 120 valence electrons. The zero-order valence-electron chi connectivity index (χ0n) is 13.2. The van der Waals surface area contributed by atoms with E-state index in [0.29, 0.717) is 25.1 Å². The smallest absolute Gasteiger partial charge is 0.256 e. The van der Waals surface area contributed by atoms with E-state index in [1.54, 1.807) is 29.2 Å². The van der Waals surface area contributed by atoms with Crippen LogP contribution in [0, 0.1) is 12.8 Å². The van der Waals surface area contributed by atoms with Crippen LogP contribution in [0.1, 0.15) is 22.3 Å². The third-order valence-electron chi connectivity index (χ3n) is 4.17. The molecule has 1 aliphatic heterocycles. The lowest BCUT2D eigenvalue weighted by Crippen LogP contribution is -2.33. The Balaban J connectivity index is 1.88. The van der Waals surface area contributed by atoms with Crippen molar-refractivity contribution in [1.82, 2.24) is 25.0 Å². The van der Waals surface area contributed by atoms with Crippen LogP contribution in [0.5, 0.6) is 0 Å². The molecule has 0 aliphatic carbocycles. The van der Waals surface area contributed by atoms with Gasteiger partial charge in [0.2, 0.25) is 5.91 Å². The average molecular weight is 313 g/mol. The van der Waals surface area contributed by atoms with Crippen LogP contribution in [0.15, 0.2) is 30.9 Å². The standard InChI is InChI=1S/C16H19N5O2/c1-11-3-4-14(21-9-18-19-10-21)13(7-11)16(23)20-6-5-12(8-20)15(22)17-2/h3-4,7,9-10,12H,5-6,8H2,1-2H3,(H,17,22). The number of aromatic nitrogens is 3. The highest BCUT2D eigenvalue weighted by Crippen LogP contribution is 2.23. The number of nitrogens with one attached hydrogen (secondary N) is 1. The van der Waals surface area contributed by atoms with Crippen LogP contribution < -0.4 is 5.32 Å². The SMILES string of the molecule is CNC(=O)C1CCN(C(=O)c2cc(C)ccc2-n2cnnc2)C1. The molecule has 1 N–H and O–H groups in total. The van der Waals surface area contributed by atoms with E-state index in [2.05, 4.69) is 15.5 Å². The summed E-state index contributed by atoms with van der Waals surface area (Å²) in [7, 11) is 1.62. The second kappa shape index (κ2) is 6.20. The zero-order chi connectivity index (χ0) is 16.4. The summed E-state index contributed by atoms with van der Waals surface area (Å²) in [5, 5.41) is 10.3. The summed E-state index contributed by atoms with van der Waals surface area (Å²) in [6, 6.07) is 5.70. The molecule has 1 aromatic heterocycles. The lowest BCUT2D eigenvalue weighted by Gasteiger charge is -2.19. The maximum atomic E-state index is 12.9. The molecule has 1 aromatic carbocycles. The van der Waals surface area contributed by atoms with Gasteiger partial charge in [0.05, 0.1) is 17.2 Å². The van der Waals surface area contributed by atoms with Crippen molar-refractivity contribution in [2.75, 3.05) is 20.1 Å². The van der Waals surface area contributed by atoms with Crippen molar-refractivity contribution in [3.8, 4) is 5.69 Å². The summed E-state index contributed by atoms with van der Waals surface area (Å²) in [6.45, 7) is 2.99. The highest BCUT2D eigenvalue weighted by molar-refractivity contribution is 5.98. The van der Waals surface area contributed by atoms with Gasteiger partial charge in [-0.1, -0.05) is 11.6 Å². The molecule has 2 heterocycles. The number of carbonyl (C=O) groups excluding carboxylic acids is 2. The minimum absolute atomic E-state index is 0.0106. The maximum Gasteiger partial charge on any atom is 0.256 e. The first-order chi connectivity index (χ1) is 11.1. The third-order valence-corrected chi connectivity index (χ3v) is 4.17. The number of nitrogens with zero attached hydrogens (tertiary/aromatic N) is 4. The normalized spacial score (nSPS) is 17.3. The number of rotatable bonds is 3. The van der Waals surface area contributed by atoms with E-state index in [9.17, 15) is 9.59 Å². The van der Waals surface area contributed by atoms with Gasteiger partial charge < -0.3 is 10.2 Å². The van der Waals surface area contributed by atoms with Gasteiger partial charge in [-0.05, 0) is 25.5 Å². The molecule has 7 heteroatoms. The molecule has 2 aromatic rings. The number of hydrogen-bond acceptors (Lipinski definition) is 4. The van der Waals surface area contributed by atoms with Crippen molar-refractivity contribution in [3.63, 3.8) is 0 Å². The van der Waals surface area contributed by atoms with Gasteiger partial charge >= 0.3 is 0 Å². The molecule has 0 spiro atoms. The van der Waals surface area contributed by atoms with Crippen LogP contribution in [-0.2, 0) is 4.79 Å². The molecular formula is C16H19N5O2. The van der Waals surface area contributed by atoms with Crippen molar-refractivity contribution in [3.05, 3.63) is 42.0 Å². The molecule has 23 heavy (non-hydrogen) atoms. The van der Waals surface area contributed by atoms with E-state index >= 15 is 0 Å². The van der Waals surface area contributed by atoms with Crippen molar-refractivity contribution in [2.24, 2.45) is 5.92 Å². The summed E-state index contributed by atoms with van der Waals surface area (Å²) in [5.41, 5.74) is 2.35. The van der Waals surface area contributed by atoms with E-state index in [1.165, 1.54) is 0 Å². The molecule has 3 rings (SSSR count). The van der Waals surface area contributed by atoms with E-state index in [1.807, 2.05) is 25.1 Å². The quantitative estimate of drug-likeness (QED) is 0.908. The highest BCUT2D eigenvalue weighted by Gasteiger charge is 2.31. The Morgan fingerprint density at radius 2 is 2.00 bits per heavy atom. The Bertz CT molecular complexity index is 726. The van der Waals surface area contributed by atoms with Crippen molar-refractivity contribution < 1.29 is 9.59 Å². The number of likely N-dealkylation sites (tertiary alicyclic amines) is 1. The predicted octanol–water partition coefficient (Wildman–Crippen LogP) is 0.784. The lowest BCUT2D eigenvalue weighted by molar-refractivity contribution is -0.124. The van der Waals surface area contributed by atoms with Crippen LogP contribution in [0.4, 0.5) is 0 Å². The Kier molecular flexibility index (Phi) is 4.10. The molecule has 1 atom stereocenters. The van der Waals surface area contributed by atoms with Crippen LogP contribution >= 0.6 is 0 Å². The lowest BCUT2D eigenvalue weighted by atomic mass is 10.1. The summed E-state index contributed by atoms with van der Waals surface area (Å²) in [6.07, 6.45) is 3.83. The van der Waals surface area contributed by atoms with Crippen LogP contribution in [0.3, 0.4) is 0 Å². The molecule has 1 saturated heterocycles. The summed E-state index contributed by atoms with van der Waals surface area (Å²) in [5.74, 6) is -0.209. The highest BCUT2D eigenvalue weighted by atomic mass is 16.2. The molecule has 7 nitrogen and oxygen atoms in total. The van der Waals surface area contributed by atoms with Crippen molar-refractivity contribution in [2.45, 2.75) is 13.3 Å². The molecule has 0 bridgehead atoms. The third kappa shape index (κ3) is 2.94. The second-order valence-electron chi connectivity index (χ2n) is 5.74. The number of amides is 2.